The van der Waals surface area contributed by atoms with Crippen LogP contribution in [0.15, 0.2) is 121 Å². The lowest BCUT2D eigenvalue weighted by molar-refractivity contribution is 0.647. The van der Waals surface area contributed by atoms with Crippen molar-refractivity contribution in [2.24, 2.45) is 0 Å². The van der Waals surface area contributed by atoms with Gasteiger partial charge in [0.15, 0.2) is 0 Å². The van der Waals surface area contributed by atoms with Gasteiger partial charge in [0.2, 0.25) is 0 Å². The third-order valence-corrected chi connectivity index (χ3v) is 7.87. The maximum Gasteiger partial charge on any atom is 0.0561 e. The summed E-state index contributed by atoms with van der Waals surface area (Å²) in [6.07, 6.45) is 16.4. The Morgan fingerprint density at radius 1 is 0.703 bits per heavy atom. The van der Waals surface area contributed by atoms with Crippen LogP contribution in [0.25, 0.3) is 61.3 Å². The fraction of sp³-hybridized carbons (Fsp3) is 0.0571. The molecule has 174 valence electrons. The molecule has 0 radical (unpaired) electrons. The summed E-state index contributed by atoms with van der Waals surface area (Å²) < 4.78 is 4.92. The van der Waals surface area contributed by atoms with Crippen LogP contribution < -0.4 is 0 Å². The number of benzene rings is 4. The minimum Gasteiger partial charge on any atom is -0.333 e. The predicted molar refractivity (Wildman–Crippen MR) is 158 cm³/mol. The third kappa shape index (κ3) is 2.94. The van der Waals surface area contributed by atoms with Crippen molar-refractivity contribution in [3.05, 3.63) is 132 Å². The Balaban J connectivity index is 1.29. The third-order valence-electron chi connectivity index (χ3n) is 7.87. The van der Waals surface area contributed by atoms with E-state index < -0.39 is 0 Å². The van der Waals surface area contributed by atoms with Gasteiger partial charge >= 0.3 is 0 Å². The summed E-state index contributed by atoms with van der Waals surface area (Å²) in [6.45, 7) is 0. The molecular formula is C35H24N2. The summed E-state index contributed by atoms with van der Waals surface area (Å²) in [7, 11) is 0. The Bertz CT molecular complexity index is 2050. The minimum atomic E-state index is 0.254. The summed E-state index contributed by atoms with van der Waals surface area (Å²) >= 11 is 0. The lowest BCUT2D eigenvalue weighted by Crippen LogP contribution is -2.10. The molecule has 0 bridgehead atoms. The highest BCUT2D eigenvalue weighted by Gasteiger charge is 2.21. The van der Waals surface area contributed by atoms with Gasteiger partial charge in [-0.25, -0.2) is 0 Å². The average molecular weight is 473 g/mol. The van der Waals surface area contributed by atoms with Crippen LogP contribution in [-0.2, 0) is 0 Å². The van der Waals surface area contributed by atoms with Gasteiger partial charge in [0.1, 0.15) is 0 Å². The maximum atomic E-state index is 3.29. The van der Waals surface area contributed by atoms with Gasteiger partial charge in [0.25, 0.3) is 0 Å². The smallest absolute Gasteiger partial charge is 0.0561 e. The number of nitrogens with zero attached hydrogens (tertiary/aromatic N) is 2. The van der Waals surface area contributed by atoms with Crippen molar-refractivity contribution in [1.29, 1.82) is 0 Å². The standard InChI is InChI=1S/C35H24N2/c1-2-12-28-29-13-6-8-16-32(29)36(31(28)15-3-1)25-19-21-26(22-20-25)37-33-17-9-7-14-30(33)35-27-11-5-4-10-24(27)18-23-34(35)37/h1,3-21,23,26H,22H2. The minimum absolute atomic E-state index is 0.254. The maximum absolute atomic E-state index is 3.29. The molecule has 37 heavy (non-hydrogen) atoms. The molecule has 0 aliphatic heterocycles. The van der Waals surface area contributed by atoms with Crippen LogP contribution in [-0.4, -0.2) is 9.13 Å². The number of allylic oxidation sites excluding steroid dienone is 6. The van der Waals surface area contributed by atoms with Crippen LogP contribution in [0.3, 0.4) is 0 Å². The zero-order chi connectivity index (χ0) is 24.3. The van der Waals surface area contributed by atoms with Crippen molar-refractivity contribution in [3.63, 3.8) is 0 Å². The molecule has 8 rings (SSSR count). The number of hydrogen-bond acceptors (Lipinski definition) is 0. The molecule has 2 aliphatic carbocycles. The molecule has 0 N–H and O–H groups in total. The number of hydrogen-bond donors (Lipinski definition) is 0. The van der Waals surface area contributed by atoms with E-state index >= 15 is 0 Å². The zero-order valence-corrected chi connectivity index (χ0v) is 20.3. The van der Waals surface area contributed by atoms with Gasteiger partial charge in [0.05, 0.1) is 22.8 Å². The van der Waals surface area contributed by atoms with Crippen LogP contribution in [0, 0.1) is 0 Å². The highest BCUT2D eigenvalue weighted by molar-refractivity contribution is 6.20. The molecule has 0 spiro atoms. The number of fused-ring (bicyclic) bond motifs is 8. The molecule has 2 aromatic heterocycles. The van der Waals surface area contributed by atoms with E-state index in [0.717, 1.165) is 6.42 Å². The van der Waals surface area contributed by atoms with Crippen molar-refractivity contribution in [1.82, 2.24) is 9.13 Å². The molecule has 0 amide bonds. The number of aromatic nitrogens is 2. The first kappa shape index (κ1) is 20.4. The topological polar surface area (TPSA) is 9.86 Å². The van der Waals surface area contributed by atoms with E-state index in [1.165, 1.54) is 60.4 Å². The van der Waals surface area contributed by atoms with E-state index in [0.29, 0.717) is 0 Å². The van der Waals surface area contributed by atoms with E-state index in [9.17, 15) is 0 Å². The van der Waals surface area contributed by atoms with Crippen molar-refractivity contribution < 1.29 is 0 Å². The molecule has 1 atom stereocenters. The van der Waals surface area contributed by atoms with Crippen LogP contribution >= 0.6 is 0 Å². The molecule has 2 heteroatoms. The highest BCUT2D eigenvalue weighted by atomic mass is 15.0. The zero-order valence-electron chi connectivity index (χ0n) is 20.3. The normalized spacial score (nSPS) is 16.6. The molecule has 2 heterocycles. The van der Waals surface area contributed by atoms with Crippen LogP contribution in [0.2, 0.25) is 0 Å². The molecular weight excluding hydrogens is 448 g/mol. The molecule has 0 fully saturated rings. The van der Waals surface area contributed by atoms with Gasteiger partial charge in [-0.15, -0.1) is 5.73 Å². The van der Waals surface area contributed by atoms with Gasteiger partial charge in [-0.05, 0) is 59.7 Å². The number of para-hydroxylation sites is 2. The molecule has 1 unspecified atom stereocenters. The van der Waals surface area contributed by atoms with E-state index in [2.05, 4.69) is 136 Å². The molecule has 2 aliphatic rings. The quantitative estimate of drug-likeness (QED) is 0.222. The largest absolute Gasteiger partial charge is 0.333 e. The second kappa shape index (κ2) is 7.86. The Kier molecular flexibility index (Phi) is 4.34. The lowest BCUT2D eigenvalue weighted by Gasteiger charge is -2.22. The summed E-state index contributed by atoms with van der Waals surface area (Å²) in [6, 6.07) is 31.1. The van der Waals surface area contributed by atoms with Gasteiger partial charge in [-0.3, -0.25) is 0 Å². The van der Waals surface area contributed by atoms with E-state index in [1.807, 2.05) is 6.08 Å². The Morgan fingerprint density at radius 3 is 2.35 bits per heavy atom. The van der Waals surface area contributed by atoms with E-state index in [4.69, 9.17) is 0 Å². The SMILES string of the molecule is C1=CC=Cc2c(c3ccccc3n2C2=CCC(n3c4ccccc4c4c5ccccc5ccc43)C=C2)C=1. The van der Waals surface area contributed by atoms with Crippen LogP contribution in [0.1, 0.15) is 23.7 Å². The first-order valence-corrected chi connectivity index (χ1v) is 12.9. The second-order valence-electron chi connectivity index (χ2n) is 9.85. The van der Waals surface area contributed by atoms with Crippen molar-refractivity contribution in [2.45, 2.75) is 12.5 Å². The molecule has 2 nitrogen and oxygen atoms in total. The van der Waals surface area contributed by atoms with E-state index in [-0.39, 0.29) is 6.04 Å². The fourth-order valence-corrected chi connectivity index (χ4v) is 6.29. The number of rotatable bonds is 2. The van der Waals surface area contributed by atoms with Gasteiger partial charge in [-0.2, -0.15) is 0 Å². The molecule has 6 aromatic rings. The van der Waals surface area contributed by atoms with Gasteiger partial charge < -0.3 is 9.13 Å². The van der Waals surface area contributed by atoms with Crippen LogP contribution in [0.4, 0.5) is 0 Å². The van der Waals surface area contributed by atoms with Gasteiger partial charge in [-0.1, -0.05) is 85.0 Å². The predicted octanol–water partition coefficient (Wildman–Crippen LogP) is 9.14. The Hall–Kier alpha value is -4.78. The Morgan fingerprint density at radius 2 is 1.49 bits per heavy atom. The molecule has 4 aromatic carbocycles. The van der Waals surface area contributed by atoms with Crippen molar-refractivity contribution in [3.8, 4) is 0 Å². The Labute approximate surface area is 215 Å². The lowest BCUT2D eigenvalue weighted by atomic mass is 10.0. The fourth-order valence-electron chi connectivity index (χ4n) is 6.29. The average Bonchev–Trinajstić information content (AvgIpc) is 3.34. The first-order chi connectivity index (χ1) is 18.4. The summed E-state index contributed by atoms with van der Waals surface area (Å²) in [5.41, 5.74) is 10.8. The summed E-state index contributed by atoms with van der Waals surface area (Å²) in [5.74, 6) is 0. The highest BCUT2D eigenvalue weighted by Crippen LogP contribution is 2.40. The molecule has 0 saturated heterocycles. The second-order valence-corrected chi connectivity index (χ2v) is 9.85. The summed E-state index contributed by atoms with van der Waals surface area (Å²) in [4.78, 5) is 0. The summed E-state index contributed by atoms with van der Waals surface area (Å²) in [5, 5.41) is 6.54. The van der Waals surface area contributed by atoms with E-state index in [1.54, 1.807) is 0 Å². The van der Waals surface area contributed by atoms with Crippen LogP contribution in [0.5, 0.6) is 0 Å². The first-order valence-electron chi connectivity index (χ1n) is 12.9. The monoisotopic (exact) mass is 472 g/mol. The molecule has 0 saturated carbocycles. The van der Waals surface area contributed by atoms with Gasteiger partial charge in [0, 0.05) is 32.9 Å². The van der Waals surface area contributed by atoms with Crippen molar-refractivity contribution >= 4 is 61.3 Å². The van der Waals surface area contributed by atoms with Crippen molar-refractivity contribution in [2.75, 3.05) is 0 Å².